The van der Waals surface area contributed by atoms with Crippen molar-refractivity contribution in [3.8, 4) is 23.3 Å². The van der Waals surface area contributed by atoms with E-state index >= 15 is 0 Å². The number of amides is 1. The Hall–Kier alpha value is -3.66. The summed E-state index contributed by atoms with van der Waals surface area (Å²) >= 11 is 7.05. The van der Waals surface area contributed by atoms with E-state index in [1.807, 2.05) is 31.2 Å². The van der Waals surface area contributed by atoms with Gasteiger partial charge in [-0.3, -0.25) is 10.1 Å². The number of methoxy groups -OCH3 is 1. The van der Waals surface area contributed by atoms with Gasteiger partial charge in [-0.2, -0.15) is 5.26 Å². The quantitative estimate of drug-likeness (QED) is 0.173. The van der Waals surface area contributed by atoms with Crippen molar-refractivity contribution in [3.63, 3.8) is 0 Å². The predicted octanol–water partition coefficient (Wildman–Crippen LogP) is 3.92. The molecular weight excluding hydrogens is 528 g/mol. The third kappa shape index (κ3) is 7.17. The van der Waals surface area contributed by atoms with Gasteiger partial charge >= 0.3 is 0 Å². The van der Waals surface area contributed by atoms with Crippen molar-refractivity contribution in [1.82, 2.24) is 10.2 Å². The van der Waals surface area contributed by atoms with Crippen molar-refractivity contribution >= 4 is 49.9 Å². The minimum absolute atomic E-state index is 0.0613. The Morgan fingerprint density at radius 2 is 1.89 bits per heavy atom. The lowest BCUT2D eigenvalue weighted by atomic mass is 10.1. The molecule has 1 amide bonds. The summed E-state index contributed by atoms with van der Waals surface area (Å²) in [6.45, 7) is 2.46. The van der Waals surface area contributed by atoms with E-state index in [1.54, 1.807) is 12.1 Å². The van der Waals surface area contributed by atoms with Crippen molar-refractivity contribution in [1.29, 1.82) is 5.26 Å². The van der Waals surface area contributed by atoms with Crippen molar-refractivity contribution in [2.75, 3.05) is 31.9 Å². The Labute approximate surface area is 217 Å². The summed E-state index contributed by atoms with van der Waals surface area (Å²) in [5.74, 6) is 0.501. The maximum Gasteiger partial charge on any atom is 0.268 e. The van der Waals surface area contributed by atoms with Gasteiger partial charge in [0.25, 0.3) is 5.91 Å². The first-order valence-corrected chi connectivity index (χ1v) is 13.4. The number of hydrogen-bond acceptors (Lipinski definition) is 10. The predicted molar refractivity (Wildman–Crippen MR) is 135 cm³/mol. The number of hydrogen-bond donors (Lipinski definition) is 1. The van der Waals surface area contributed by atoms with E-state index in [4.69, 9.17) is 25.8 Å². The van der Waals surface area contributed by atoms with Crippen molar-refractivity contribution in [2.24, 2.45) is 0 Å². The van der Waals surface area contributed by atoms with Crippen LogP contribution in [0.3, 0.4) is 0 Å². The molecule has 0 unspecified atom stereocenters. The standard InChI is InChI=1S/C23H21ClN4O6S2/c1-14-4-6-17(7-5-14)33-8-9-34-20-18(24)11-15(12-19(20)32-2)10-16(13-25)21(29)26-22-27-28-23(35-22)36(3,30)31/h4-7,10-12H,8-9H2,1-3H3,(H,26,27,29). The Morgan fingerprint density at radius 1 is 1.19 bits per heavy atom. The lowest BCUT2D eigenvalue weighted by Gasteiger charge is -2.14. The third-order valence-corrected chi connectivity index (χ3v) is 7.28. The number of aromatic nitrogens is 2. The molecule has 1 heterocycles. The van der Waals surface area contributed by atoms with Crippen LogP contribution in [-0.4, -0.2) is 51.1 Å². The van der Waals surface area contributed by atoms with Gasteiger partial charge in [0, 0.05) is 6.26 Å². The van der Waals surface area contributed by atoms with E-state index in [9.17, 15) is 18.5 Å². The molecule has 0 aliphatic heterocycles. The highest BCUT2D eigenvalue weighted by Gasteiger charge is 2.18. The Kier molecular flexibility index (Phi) is 8.87. The first kappa shape index (κ1) is 26.9. The lowest BCUT2D eigenvalue weighted by Crippen LogP contribution is -2.13. The summed E-state index contributed by atoms with van der Waals surface area (Å²) in [4.78, 5) is 12.5. The lowest BCUT2D eigenvalue weighted by molar-refractivity contribution is -0.112. The molecule has 0 fully saturated rings. The largest absolute Gasteiger partial charge is 0.493 e. The summed E-state index contributed by atoms with van der Waals surface area (Å²) in [5, 5.41) is 19.1. The van der Waals surface area contributed by atoms with Gasteiger partial charge in [-0.05, 0) is 42.8 Å². The molecule has 0 saturated heterocycles. The van der Waals surface area contributed by atoms with Gasteiger partial charge < -0.3 is 14.2 Å². The summed E-state index contributed by atoms with van der Waals surface area (Å²) in [7, 11) is -2.14. The summed E-state index contributed by atoms with van der Waals surface area (Å²) in [6, 6.07) is 12.5. The molecule has 3 aromatic rings. The highest BCUT2D eigenvalue weighted by atomic mass is 35.5. The van der Waals surface area contributed by atoms with E-state index < -0.39 is 15.7 Å². The maximum absolute atomic E-state index is 12.5. The topological polar surface area (TPSA) is 140 Å². The zero-order chi connectivity index (χ0) is 26.3. The molecule has 13 heteroatoms. The van der Waals surface area contributed by atoms with Crippen LogP contribution in [0.1, 0.15) is 11.1 Å². The number of benzene rings is 2. The van der Waals surface area contributed by atoms with E-state index in [0.717, 1.165) is 11.8 Å². The van der Waals surface area contributed by atoms with Gasteiger partial charge in [0.1, 0.15) is 30.6 Å². The summed E-state index contributed by atoms with van der Waals surface area (Å²) < 4.78 is 39.6. The number of sulfone groups is 1. The molecular formula is C23H21ClN4O6S2. The fourth-order valence-electron chi connectivity index (χ4n) is 2.79. The maximum atomic E-state index is 12.5. The number of carbonyl (C=O) groups excluding carboxylic acids is 1. The number of rotatable bonds is 10. The average Bonchev–Trinajstić information content (AvgIpc) is 3.31. The summed E-state index contributed by atoms with van der Waals surface area (Å²) in [6.07, 6.45) is 2.27. The molecule has 0 bridgehead atoms. The highest BCUT2D eigenvalue weighted by Crippen LogP contribution is 2.37. The number of aryl methyl sites for hydroxylation is 1. The SMILES string of the molecule is COc1cc(C=C(C#N)C(=O)Nc2nnc(S(C)(=O)=O)s2)cc(Cl)c1OCCOc1ccc(C)cc1. The zero-order valence-electron chi connectivity index (χ0n) is 19.4. The van der Waals surface area contributed by atoms with Crippen LogP contribution in [0.2, 0.25) is 5.02 Å². The number of nitriles is 1. The number of anilines is 1. The number of carbonyl (C=O) groups is 1. The monoisotopic (exact) mass is 548 g/mol. The van der Waals surface area contributed by atoms with E-state index in [1.165, 1.54) is 19.3 Å². The molecule has 0 spiro atoms. The Bertz CT molecular complexity index is 1430. The molecule has 3 rings (SSSR count). The zero-order valence-corrected chi connectivity index (χ0v) is 21.8. The van der Waals surface area contributed by atoms with Crippen LogP contribution in [0.4, 0.5) is 5.13 Å². The second-order valence-electron chi connectivity index (χ2n) is 7.31. The van der Waals surface area contributed by atoms with Crippen LogP contribution in [0.25, 0.3) is 6.08 Å². The Morgan fingerprint density at radius 3 is 2.50 bits per heavy atom. The van der Waals surface area contributed by atoms with Crippen molar-refractivity contribution < 1.29 is 27.4 Å². The summed E-state index contributed by atoms with van der Waals surface area (Å²) in [5.41, 5.74) is 1.26. The molecule has 1 N–H and O–H groups in total. The molecule has 10 nitrogen and oxygen atoms in total. The highest BCUT2D eigenvalue weighted by molar-refractivity contribution is 7.92. The molecule has 1 aromatic heterocycles. The van der Waals surface area contributed by atoms with Crippen LogP contribution < -0.4 is 19.5 Å². The molecule has 36 heavy (non-hydrogen) atoms. The van der Waals surface area contributed by atoms with Crippen LogP contribution >= 0.6 is 22.9 Å². The molecule has 0 aliphatic carbocycles. The van der Waals surface area contributed by atoms with E-state index in [2.05, 4.69) is 15.5 Å². The van der Waals surface area contributed by atoms with Gasteiger partial charge in [-0.1, -0.05) is 40.6 Å². The number of nitrogens with one attached hydrogen (secondary N) is 1. The second-order valence-corrected chi connectivity index (χ2v) is 10.9. The van der Waals surface area contributed by atoms with Crippen molar-refractivity contribution in [2.45, 2.75) is 11.3 Å². The fraction of sp³-hybridized carbons (Fsp3) is 0.217. The molecule has 0 aliphatic rings. The van der Waals surface area contributed by atoms with Crippen LogP contribution in [0.15, 0.2) is 46.3 Å². The smallest absolute Gasteiger partial charge is 0.268 e. The van der Waals surface area contributed by atoms with Crippen molar-refractivity contribution in [3.05, 3.63) is 58.1 Å². The fourth-order valence-corrected chi connectivity index (χ4v) is 4.57. The van der Waals surface area contributed by atoms with Crippen LogP contribution in [-0.2, 0) is 14.6 Å². The van der Waals surface area contributed by atoms with Gasteiger partial charge in [0.15, 0.2) is 11.5 Å². The van der Waals surface area contributed by atoms with Gasteiger partial charge in [-0.15, -0.1) is 10.2 Å². The number of halogens is 1. The molecule has 0 radical (unpaired) electrons. The first-order chi connectivity index (χ1) is 17.1. The average molecular weight is 549 g/mol. The van der Waals surface area contributed by atoms with Gasteiger partial charge in [0.2, 0.25) is 19.3 Å². The van der Waals surface area contributed by atoms with E-state index in [0.29, 0.717) is 28.4 Å². The van der Waals surface area contributed by atoms with Crippen LogP contribution in [0.5, 0.6) is 17.2 Å². The number of ether oxygens (including phenoxy) is 3. The van der Waals surface area contributed by atoms with Gasteiger partial charge in [0.05, 0.1) is 12.1 Å². The molecule has 0 atom stereocenters. The third-order valence-electron chi connectivity index (χ3n) is 4.49. The van der Waals surface area contributed by atoms with Crippen LogP contribution in [0, 0.1) is 18.3 Å². The minimum atomic E-state index is -3.57. The molecule has 0 saturated carbocycles. The molecule has 188 valence electrons. The minimum Gasteiger partial charge on any atom is -0.493 e. The Balaban J connectivity index is 1.70. The molecule has 2 aromatic carbocycles. The first-order valence-electron chi connectivity index (χ1n) is 10.3. The number of nitrogens with zero attached hydrogens (tertiary/aromatic N) is 3. The normalized spacial score (nSPS) is 11.5. The van der Waals surface area contributed by atoms with Gasteiger partial charge in [-0.25, -0.2) is 8.42 Å². The second kappa shape index (κ2) is 11.9. The van der Waals surface area contributed by atoms with E-state index in [-0.39, 0.29) is 39.0 Å².